The first-order chi connectivity index (χ1) is 8.29. The van der Waals surface area contributed by atoms with Gasteiger partial charge in [0.2, 0.25) is 0 Å². The van der Waals surface area contributed by atoms with E-state index in [2.05, 4.69) is 30.7 Å². The Kier molecular flexibility index (Phi) is 3.38. The maximum absolute atomic E-state index is 11.4. The Bertz CT molecular complexity index is 590. The normalized spacial score (nSPS) is 11.8. The molecule has 0 amide bonds. The SMILES string of the molecule is CC(=O)c1sc(-c2csc(C(C)(C)C)n2)nc1C. The highest BCUT2D eigenvalue weighted by Gasteiger charge is 2.20. The number of rotatable bonds is 2. The quantitative estimate of drug-likeness (QED) is 0.779. The number of nitrogens with zero attached hydrogens (tertiary/aromatic N) is 2. The molecule has 0 atom stereocenters. The van der Waals surface area contributed by atoms with Gasteiger partial charge in [0, 0.05) is 17.7 Å². The average molecular weight is 280 g/mol. The molecule has 5 heteroatoms. The topological polar surface area (TPSA) is 42.9 Å². The zero-order valence-electron chi connectivity index (χ0n) is 11.2. The Morgan fingerprint density at radius 1 is 1.28 bits per heavy atom. The van der Waals surface area contributed by atoms with Crippen LogP contribution in [0.25, 0.3) is 10.7 Å². The fourth-order valence-corrected chi connectivity index (χ4v) is 3.44. The summed E-state index contributed by atoms with van der Waals surface area (Å²) in [5.74, 6) is 0.0718. The molecule has 2 heterocycles. The Balaban J connectivity index is 2.41. The Labute approximate surface area is 115 Å². The van der Waals surface area contributed by atoms with Crippen LogP contribution in [0.5, 0.6) is 0 Å². The van der Waals surface area contributed by atoms with E-state index < -0.39 is 0 Å². The third kappa shape index (κ3) is 2.52. The van der Waals surface area contributed by atoms with Gasteiger partial charge in [0.05, 0.1) is 15.6 Å². The van der Waals surface area contributed by atoms with Crippen LogP contribution in [0, 0.1) is 6.92 Å². The van der Waals surface area contributed by atoms with E-state index in [0.29, 0.717) is 0 Å². The van der Waals surface area contributed by atoms with Crippen molar-refractivity contribution in [3.05, 3.63) is 21.0 Å². The fourth-order valence-electron chi connectivity index (χ4n) is 1.55. The fraction of sp³-hybridized carbons (Fsp3) is 0.462. The third-order valence-corrected chi connectivity index (χ3v) is 5.03. The van der Waals surface area contributed by atoms with Crippen LogP contribution in [0.1, 0.15) is 48.1 Å². The Morgan fingerprint density at radius 2 is 1.94 bits per heavy atom. The van der Waals surface area contributed by atoms with Crippen molar-refractivity contribution in [1.82, 2.24) is 9.97 Å². The summed E-state index contributed by atoms with van der Waals surface area (Å²) in [5.41, 5.74) is 1.73. The predicted octanol–water partition coefficient (Wildman–Crippen LogP) is 4.08. The maximum atomic E-state index is 11.4. The molecule has 0 aromatic carbocycles. The molecule has 0 radical (unpaired) electrons. The highest BCUT2D eigenvalue weighted by Crippen LogP contribution is 2.32. The van der Waals surface area contributed by atoms with Gasteiger partial charge in [-0.3, -0.25) is 4.79 Å². The van der Waals surface area contributed by atoms with E-state index in [1.54, 1.807) is 18.3 Å². The third-order valence-electron chi connectivity index (χ3n) is 2.48. The van der Waals surface area contributed by atoms with Crippen LogP contribution in [-0.4, -0.2) is 15.8 Å². The van der Waals surface area contributed by atoms with Crippen molar-refractivity contribution in [3.63, 3.8) is 0 Å². The van der Waals surface area contributed by atoms with E-state index in [1.165, 1.54) is 11.3 Å². The van der Waals surface area contributed by atoms with Crippen LogP contribution in [0.4, 0.5) is 0 Å². The van der Waals surface area contributed by atoms with E-state index in [9.17, 15) is 4.79 Å². The lowest BCUT2D eigenvalue weighted by molar-refractivity contribution is 0.102. The standard InChI is InChI=1S/C13H16N2OS2/c1-7-10(8(2)16)18-11(14-7)9-6-17-12(15-9)13(3,4)5/h6H,1-5H3. The molecule has 2 aromatic rings. The summed E-state index contributed by atoms with van der Waals surface area (Å²) in [4.78, 5) is 21.2. The highest BCUT2D eigenvalue weighted by molar-refractivity contribution is 7.17. The molecule has 0 unspecified atom stereocenters. The zero-order valence-corrected chi connectivity index (χ0v) is 12.8. The lowest BCUT2D eigenvalue weighted by Gasteiger charge is -2.13. The molecule has 0 aliphatic carbocycles. The van der Waals surface area contributed by atoms with Crippen molar-refractivity contribution < 1.29 is 4.79 Å². The van der Waals surface area contributed by atoms with E-state index in [-0.39, 0.29) is 11.2 Å². The molecule has 0 saturated heterocycles. The van der Waals surface area contributed by atoms with Gasteiger partial charge < -0.3 is 0 Å². The van der Waals surface area contributed by atoms with E-state index in [0.717, 1.165) is 26.3 Å². The van der Waals surface area contributed by atoms with E-state index >= 15 is 0 Å². The lowest BCUT2D eigenvalue weighted by Crippen LogP contribution is -2.10. The van der Waals surface area contributed by atoms with Crippen molar-refractivity contribution in [2.75, 3.05) is 0 Å². The summed E-state index contributed by atoms with van der Waals surface area (Å²) in [6.45, 7) is 9.87. The van der Waals surface area contributed by atoms with Crippen LogP contribution in [0.3, 0.4) is 0 Å². The van der Waals surface area contributed by atoms with Crippen LogP contribution in [0.2, 0.25) is 0 Å². The first kappa shape index (κ1) is 13.4. The number of thiazole rings is 2. The molecular weight excluding hydrogens is 264 g/mol. The predicted molar refractivity (Wildman–Crippen MR) is 76.7 cm³/mol. The molecule has 0 aliphatic rings. The Morgan fingerprint density at radius 3 is 2.39 bits per heavy atom. The summed E-state index contributed by atoms with van der Waals surface area (Å²) in [6.07, 6.45) is 0. The number of carbonyl (C=O) groups excluding carboxylic acids is 1. The largest absolute Gasteiger partial charge is 0.294 e. The molecule has 96 valence electrons. The molecule has 18 heavy (non-hydrogen) atoms. The van der Waals surface area contributed by atoms with E-state index in [1.807, 2.05) is 12.3 Å². The van der Waals surface area contributed by atoms with Crippen molar-refractivity contribution >= 4 is 28.5 Å². The van der Waals surface area contributed by atoms with Gasteiger partial charge in [0.25, 0.3) is 0 Å². The second kappa shape index (κ2) is 4.55. The molecular formula is C13H16N2OS2. The molecule has 0 aliphatic heterocycles. The van der Waals surface area contributed by atoms with Crippen molar-refractivity contribution in [2.24, 2.45) is 0 Å². The van der Waals surface area contributed by atoms with Gasteiger partial charge in [0.15, 0.2) is 5.78 Å². The van der Waals surface area contributed by atoms with Gasteiger partial charge in [-0.05, 0) is 6.92 Å². The smallest absolute Gasteiger partial charge is 0.171 e. The van der Waals surface area contributed by atoms with Crippen LogP contribution in [0.15, 0.2) is 5.38 Å². The lowest BCUT2D eigenvalue weighted by atomic mass is 9.98. The molecule has 0 spiro atoms. The number of aryl methyl sites for hydroxylation is 1. The zero-order chi connectivity index (χ0) is 13.5. The Hall–Kier alpha value is -1.07. The van der Waals surface area contributed by atoms with Crippen LogP contribution in [-0.2, 0) is 5.41 Å². The molecule has 2 aromatic heterocycles. The average Bonchev–Trinajstić information content (AvgIpc) is 2.81. The number of ketones is 1. The minimum Gasteiger partial charge on any atom is -0.294 e. The molecule has 3 nitrogen and oxygen atoms in total. The monoisotopic (exact) mass is 280 g/mol. The summed E-state index contributed by atoms with van der Waals surface area (Å²) >= 11 is 3.07. The number of carbonyl (C=O) groups is 1. The van der Waals surface area contributed by atoms with Gasteiger partial charge in [-0.1, -0.05) is 20.8 Å². The minimum absolute atomic E-state index is 0.0542. The molecule has 0 saturated carbocycles. The minimum atomic E-state index is 0.0542. The van der Waals surface area contributed by atoms with Crippen molar-refractivity contribution in [2.45, 2.75) is 40.0 Å². The first-order valence-electron chi connectivity index (χ1n) is 5.74. The number of aromatic nitrogens is 2. The van der Waals surface area contributed by atoms with Crippen molar-refractivity contribution in [3.8, 4) is 10.7 Å². The second-order valence-corrected chi connectivity index (χ2v) is 7.13. The summed E-state index contributed by atoms with van der Waals surface area (Å²) in [7, 11) is 0. The molecule has 0 fully saturated rings. The number of hydrogen-bond donors (Lipinski definition) is 0. The highest BCUT2D eigenvalue weighted by atomic mass is 32.1. The first-order valence-corrected chi connectivity index (χ1v) is 7.43. The number of Topliss-reactive ketones (excluding diaryl/α,β-unsaturated/α-hetero) is 1. The van der Waals surface area contributed by atoms with Gasteiger partial charge in [-0.15, -0.1) is 22.7 Å². The van der Waals surface area contributed by atoms with Crippen LogP contribution >= 0.6 is 22.7 Å². The van der Waals surface area contributed by atoms with Gasteiger partial charge in [-0.2, -0.15) is 0 Å². The summed E-state index contributed by atoms with van der Waals surface area (Å²) in [5, 5.41) is 3.95. The van der Waals surface area contributed by atoms with Gasteiger partial charge in [-0.25, -0.2) is 9.97 Å². The van der Waals surface area contributed by atoms with Crippen LogP contribution < -0.4 is 0 Å². The molecule has 0 N–H and O–H groups in total. The van der Waals surface area contributed by atoms with Gasteiger partial charge in [0.1, 0.15) is 10.7 Å². The molecule has 0 bridgehead atoms. The second-order valence-electron chi connectivity index (χ2n) is 5.28. The van der Waals surface area contributed by atoms with E-state index in [4.69, 9.17) is 0 Å². The summed E-state index contributed by atoms with van der Waals surface area (Å²) in [6, 6.07) is 0. The van der Waals surface area contributed by atoms with Gasteiger partial charge >= 0.3 is 0 Å². The number of hydrogen-bond acceptors (Lipinski definition) is 5. The van der Waals surface area contributed by atoms with Crippen molar-refractivity contribution in [1.29, 1.82) is 0 Å². The molecule has 2 rings (SSSR count). The summed E-state index contributed by atoms with van der Waals surface area (Å²) < 4.78 is 0. The maximum Gasteiger partial charge on any atom is 0.171 e.